The number of benzene rings is 1. The van der Waals surface area contributed by atoms with Crippen molar-refractivity contribution < 1.29 is 12.8 Å². The monoisotopic (exact) mass is 382 g/mol. The highest BCUT2D eigenvalue weighted by Crippen LogP contribution is 2.28. The summed E-state index contributed by atoms with van der Waals surface area (Å²) in [6.07, 6.45) is 1.45. The third-order valence-electron chi connectivity index (χ3n) is 3.39. The number of hydrogen-bond donors (Lipinski definition) is 0. The van der Waals surface area contributed by atoms with E-state index in [1.54, 1.807) is 43.3 Å². The van der Waals surface area contributed by atoms with Crippen molar-refractivity contribution in [3.05, 3.63) is 64.1 Å². The van der Waals surface area contributed by atoms with Crippen LogP contribution >= 0.6 is 15.9 Å². The summed E-state index contributed by atoms with van der Waals surface area (Å²) in [5, 5.41) is 0.475. The fraction of sp³-hybridized carbons (Fsp3) is 0.133. The number of nitrogens with zero attached hydrogens (tertiary/aromatic N) is 2. The Balaban J connectivity index is 2.19. The summed E-state index contributed by atoms with van der Waals surface area (Å²) in [5.41, 5.74) is 0.966. The van der Waals surface area contributed by atoms with Crippen LogP contribution in [0, 0.1) is 12.9 Å². The first-order chi connectivity index (χ1) is 10.4. The van der Waals surface area contributed by atoms with Crippen LogP contribution in [0.1, 0.15) is 11.1 Å². The van der Waals surface area contributed by atoms with Crippen LogP contribution in [-0.4, -0.2) is 17.4 Å². The summed E-state index contributed by atoms with van der Waals surface area (Å²) in [6.45, 7) is 1.54. The quantitative estimate of drug-likeness (QED) is 0.694. The summed E-state index contributed by atoms with van der Waals surface area (Å²) in [6, 6.07) is 10.3. The van der Waals surface area contributed by atoms with E-state index in [0.29, 0.717) is 19.4 Å². The average molecular weight is 383 g/mol. The molecule has 1 aromatic carbocycles. The molecular weight excluding hydrogens is 371 g/mol. The lowest BCUT2D eigenvalue weighted by atomic mass is 10.2. The Hall–Kier alpha value is -1.73. The summed E-state index contributed by atoms with van der Waals surface area (Å²) >= 11 is 3.26. The molecule has 0 aliphatic carbocycles. The van der Waals surface area contributed by atoms with Crippen molar-refractivity contribution in [1.82, 2.24) is 8.96 Å². The number of aryl methyl sites for hydroxylation is 1. The molecule has 7 heteroatoms. The molecule has 3 aromatic rings. The van der Waals surface area contributed by atoms with Crippen LogP contribution in [0.15, 0.2) is 47.1 Å². The van der Waals surface area contributed by atoms with Crippen molar-refractivity contribution in [2.75, 3.05) is 0 Å². The van der Waals surface area contributed by atoms with Gasteiger partial charge < -0.3 is 0 Å². The molecule has 3 rings (SSSR count). The highest BCUT2D eigenvalue weighted by molar-refractivity contribution is 9.10. The first-order valence-electron chi connectivity index (χ1n) is 6.49. The molecule has 22 heavy (non-hydrogen) atoms. The second-order valence-electron chi connectivity index (χ2n) is 4.95. The third kappa shape index (κ3) is 2.55. The van der Waals surface area contributed by atoms with Gasteiger partial charge in [0.1, 0.15) is 0 Å². The zero-order valence-corrected chi connectivity index (χ0v) is 14.0. The molecule has 0 bridgehead atoms. The molecule has 0 unspecified atom stereocenters. The summed E-state index contributed by atoms with van der Waals surface area (Å²) < 4.78 is 41.0. The van der Waals surface area contributed by atoms with Crippen molar-refractivity contribution in [3.8, 4) is 0 Å². The molecule has 0 amide bonds. The molecule has 114 valence electrons. The highest BCUT2D eigenvalue weighted by atomic mass is 79.9. The van der Waals surface area contributed by atoms with Crippen LogP contribution in [0.3, 0.4) is 0 Å². The molecule has 2 aromatic heterocycles. The summed E-state index contributed by atoms with van der Waals surface area (Å²) in [7, 11) is -3.90. The normalized spacial score (nSPS) is 12.0. The van der Waals surface area contributed by atoms with Crippen LogP contribution in [0.4, 0.5) is 4.39 Å². The van der Waals surface area contributed by atoms with Gasteiger partial charge in [-0.25, -0.2) is 13.4 Å². The fourth-order valence-corrected chi connectivity index (χ4v) is 4.19. The Morgan fingerprint density at radius 3 is 2.64 bits per heavy atom. The second-order valence-corrected chi connectivity index (χ2v) is 7.68. The number of rotatable bonds is 3. The first-order valence-corrected chi connectivity index (χ1v) is 8.89. The maximum absolute atomic E-state index is 14.5. The lowest BCUT2D eigenvalue weighted by molar-refractivity contribution is 0.540. The lowest BCUT2D eigenvalue weighted by Crippen LogP contribution is -2.17. The fourth-order valence-electron chi connectivity index (χ4n) is 2.33. The molecular formula is C15H12BrFN2O2S. The topological polar surface area (TPSA) is 52.0 Å². The molecule has 4 nitrogen and oxygen atoms in total. The zero-order valence-electron chi connectivity index (χ0n) is 11.6. The standard InChI is InChI=1S/C15H12BrFN2O2S/c1-10-13-7-12(16)8-18-15(13)19(14(10)17)22(20,21)9-11-5-3-2-4-6-11/h2-8H,9H2,1H3. The SMILES string of the molecule is Cc1c(F)n(S(=O)(=O)Cc2ccccc2)c2ncc(Br)cc12. The van der Waals surface area contributed by atoms with Gasteiger partial charge in [0, 0.05) is 21.6 Å². The summed E-state index contributed by atoms with van der Waals surface area (Å²) in [4.78, 5) is 4.07. The lowest BCUT2D eigenvalue weighted by Gasteiger charge is -2.07. The molecule has 0 N–H and O–H groups in total. The minimum atomic E-state index is -3.90. The van der Waals surface area contributed by atoms with Crippen LogP contribution in [0.2, 0.25) is 0 Å². The van der Waals surface area contributed by atoms with Crippen LogP contribution in [0.5, 0.6) is 0 Å². The molecule has 0 spiro atoms. The second kappa shape index (κ2) is 5.48. The molecule has 0 fully saturated rings. The van der Waals surface area contributed by atoms with E-state index in [-0.39, 0.29) is 17.0 Å². The average Bonchev–Trinajstić information content (AvgIpc) is 2.72. The predicted octanol–water partition coefficient (Wildman–Crippen LogP) is 3.62. The Kier molecular flexibility index (Phi) is 3.78. The molecule has 0 saturated carbocycles. The van der Waals surface area contributed by atoms with Gasteiger partial charge in [-0.2, -0.15) is 8.36 Å². The van der Waals surface area contributed by atoms with Gasteiger partial charge in [-0.15, -0.1) is 0 Å². The minimum Gasteiger partial charge on any atom is -0.236 e. The van der Waals surface area contributed by atoms with Gasteiger partial charge in [-0.05, 0) is 34.5 Å². The third-order valence-corrected chi connectivity index (χ3v) is 5.41. The van der Waals surface area contributed by atoms with E-state index in [9.17, 15) is 12.8 Å². The Morgan fingerprint density at radius 2 is 1.95 bits per heavy atom. The van der Waals surface area contributed by atoms with Gasteiger partial charge in [-0.3, -0.25) is 0 Å². The molecule has 0 atom stereocenters. The Bertz CT molecular complexity index is 953. The number of halogens is 2. The maximum Gasteiger partial charge on any atom is 0.246 e. The van der Waals surface area contributed by atoms with Gasteiger partial charge in [0.15, 0.2) is 5.65 Å². The van der Waals surface area contributed by atoms with Crippen LogP contribution in [0.25, 0.3) is 11.0 Å². The largest absolute Gasteiger partial charge is 0.246 e. The van der Waals surface area contributed by atoms with Gasteiger partial charge in [0.05, 0.1) is 5.75 Å². The van der Waals surface area contributed by atoms with Crippen LogP contribution in [-0.2, 0) is 15.8 Å². The van der Waals surface area contributed by atoms with Crippen molar-refractivity contribution in [2.45, 2.75) is 12.7 Å². The van der Waals surface area contributed by atoms with E-state index < -0.39 is 16.0 Å². The zero-order chi connectivity index (χ0) is 15.9. The summed E-state index contributed by atoms with van der Waals surface area (Å²) in [5.74, 6) is -1.08. The molecule has 2 heterocycles. The van der Waals surface area contributed by atoms with Crippen molar-refractivity contribution >= 4 is 37.0 Å². The minimum absolute atomic E-state index is 0.106. The molecule has 0 aliphatic heterocycles. The Morgan fingerprint density at radius 1 is 1.27 bits per heavy atom. The smallest absolute Gasteiger partial charge is 0.236 e. The number of aromatic nitrogens is 2. The van der Waals surface area contributed by atoms with E-state index in [0.717, 1.165) is 0 Å². The number of hydrogen-bond acceptors (Lipinski definition) is 3. The van der Waals surface area contributed by atoms with Crippen LogP contribution < -0.4 is 0 Å². The molecule has 0 saturated heterocycles. The van der Waals surface area contributed by atoms with Crippen molar-refractivity contribution in [3.63, 3.8) is 0 Å². The highest BCUT2D eigenvalue weighted by Gasteiger charge is 2.25. The first kappa shape index (κ1) is 15.2. The van der Waals surface area contributed by atoms with Crippen molar-refractivity contribution in [1.29, 1.82) is 0 Å². The van der Waals surface area contributed by atoms with E-state index in [4.69, 9.17) is 0 Å². The van der Waals surface area contributed by atoms with Gasteiger partial charge in [0.25, 0.3) is 0 Å². The van der Waals surface area contributed by atoms with E-state index in [1.807, 2.05) is 0 Å². The Labute approximate surface area is 135 Å². The van der Waals surface area contributed by atoms with Crippen molar-refractivity contribution in [2.24, 2.45) is 0 Å². The van der Waals surface area contributed by atoms with Gasteiger partial charge >= 0.3 is 0 Å². The molecule has 0 aliphatic rings. The van der Waals surface area contributed by atoms with Gasteiger partial charge in [0.2, 0.25) is 16.0 Å². The maximum atomic E-state index is 14.5. The number of pyridine rings is 1. The van der Waals surface area contributed by atoms with E-state index in [2.05, 4.69) is 20.9 Å². The van der Waals surface area contributed by atoms with Gasteiger partial charge in [-0.1, -0.05) is 30.3 Å². The number of fused-ring (bicyclic) bond motifs is 1. The van der Waals surface area contributed by atoms with E-state index in [1.165, 1.54) is 6.20 Å². The molecule has 0 radical (unpaired) electrons. The van der Waals surface area contributed by atoms with E-state index >= 15 is 0 Å². The predicted molar refractivity (Wildman–Crippen MR) is 86.6 cm³/mol.